The molecule has 1 aromatic heterocycles. The number of aromatic nitrogens is 1. The molecule has 1 saturated heterocycles. The Bertz CT molecular complexity index is 2320. The summed E-state index contributed by atoms with van der Waals surface area (Å²) in [5.41, 5.74) is 12.0. The van der Waals surface area contributed by atoms with Crippen LogP contribution in [0, 0.1) is 29.6 Å². The maximum absolute atomic E-state index is 11.3. The number of carbonyl (C=O) groups is 2. The number of aliphatic hydroxyl groups is 1. The summed E-state index contributed by atoms with van der Waals surface area (Å²) in [7, 11) is 1.65. The zero-order valence-electron chi connectivity index (χ0n) is 49.3. The highest BCUT2D eigenvalue weighted by Crippen LogP contribution is 2.55. The number of fused-ring (bicyclic) bond motifs is 1. The number of anilines is 1. The van der Waals surface area contributed by atoms with Gasteiger partial charge in [-0.15, -0.1) is 0 Å². The van der Waals surface area contributed by atoms with E-state index in [-0.39, 0.29) is 35.9 Å². The Labute approximate surface area is 461 Å². The first-order valence-electron chi connectivity index (χ1n) is 28.3. The lowest BCUT2D eigenvalue weighted by atomic mass is 9.74. The maximum Gasteiger partial charge on any atom is 0.209 e. The van der Waals surface area contributed by atoms with Crippen LogP contribution in [0.2, 0.25) is 0 Å². The highest BCUT2D eigenvalue weighted by molar-refractivity contribution is 5.74. The number of hydrazone groups is 1. The van der Waals surface area contributed by atoms with Gasteiger partial charge in [0.05, 0.1) is 43.7 Å². The standard InChI is InChI=1S/C38H48N4O2.C10H17NO.C9H14N2O.C6H14.C2H6/c1-6-41-36-15-14-30(31-22-27(2)21-29(23-31)13-12-28(3)42-19-8-7-18-40-42)24-33(36)34(25-38(4,5)16-10-20-43)37(41)32-11-9-17-39-35(32)26-44;1-10(2)4-3-5-11-6-8-12-9-7-11;1-7(2)9(8(3)5-10)11(4)6-12;1-3-5-6-4-2;1-2/h9,11,14-15,17-18,20-24,34,37,44H,3,6-8,10,12-13,16,19,25-26H2,1-2,4-5H3;3-4H,1,5-9H2,2H3;6-7,9H,3H2,1-2,4H3;3-6H2,1-2H3;1-2H3/b;4-3+;;;. The minimum absolute atomic E-state index is 0.0280. The molecular weight excluding hydrogens is 943 g/mol. The van der Waals surface area contributed by atoms with Gasteiger partial charge in [-0.3, -0.25) is 19.7 Å². The van der Waals surface area contributed by atoms with Gasteiger partial charge in [0, 0.05) is 81.5 Å². The second kappa shape index (κ2) is 36.4. The monoisotopic (exact) mass is 1040 g/mol. The molecule has 3 aliphatic heterocycles. The van der Waals surface area contributed by atoms with E-state index in [9.17, 15) is 14.7 Å². The van der Waals surface area contributed by atoms with Crippen LogP contribution in [-0.4, -0.2) is 103 Å². The van der Waals surface area contributed by atoms with Gasteiger partial charge >= 0.3 is 0 Å². The average Bonchev–Trinajstić information content (AvgIpc) is 3.73. The summed E-state index contributed by atoms with van der Waals surface area (Å²) in [6.07, 6.45) is 21.6. The SMILES string of the molecule is C=C(C#N)C(C(C)C)N(C)C=O.C=C(C)/C=C/CN1CCOCC1.C=C(CCc1cc(C)cc(-c2ccc3c(c2)C(CC(C)(C)CCC=O)C(c2cccnc2CO)N3CC)c1)N1CCCC=N1.CC.CCCCCC. The Morgan fingerprint density at radius 1 is 0.987 bits per heavy atom. The van der Waals surface area contributed by atoms with Crippen molar-refractivity contribution in [3.63, 3.8) is 0 Å². The molecule has 2 aromatic carbocycles. The van der Waals surface area contributed by atoms with Crippen molar-refractivity contribution in [2.45, 2.75) is 171 Å². The Morgan fingerprint density at radius 3 is 2.25 bits per heavy atom. The number of morpholine rings is 1. The molecule has 3 aliphatic rings. The number of unbranched alkanes of at least 4 members (excludes halogenated alkanes) is 3. The molecule has 3 aromatic rings. The van der Waals surface area contributed by atoms with Crippen molar-refractivity contribution in [1.29, 1.82) is 5.26 Å². The highest BCUT2D eigenvalue weighted by atomic mass is 16.5. The number of rotatable bonds is 23. The summed E-state index contributed by atoms with van der Waals surface area (Å²) >= 11 is 0. The number of aliphatic hydroxyl groups excluding tert-OH is 1. The minimum Gasteiger partial charge on any atom is -0.390 e. The topological polar surface area (TPSA) is 126 Å². The van der Waals surface area contributed by atoms with Gasteiger partial charge < -0.3 is 24.4 Å². The van der Waals surface area contributed by atoms with E-state index in [0.29, 0.717) is 18.4 Å². The van der Waals surface area contributed by atoms with Crippen LogP contribution in [0.4, 0.5) is 5.69 Å². The molecule has 1 N–H and O–H groups in total. The van der Waals surface area contributed by atoms with E-state index in [1.54, 1.807) is 13.2 Å². The lowest BCUT2D eigenvalue weighted by Gasteiger charge is -2.35. The molecule has 11 heteroatoms. The molecule has 1 amide bonds. The zero-order chi connectivity index (χ0) is 56.6. The van der Waals surface area contributed by atoms with Crippen molar-refractivity contribution < 1.29 is 19.4 Å². The molecule has 1 fully saturated rings. The second-order valence-electron chi connectivity index (χ2n) is 21.2. The number of aldehydes is 1. The van der Waals surface area contributed by atoms with Crippen molar-refractivity contribution in [3.8, 4) is 17.2 Å². The van der Waals surface area contributed by atoms with Crippen molar-refractivity contribution in [2.24, 2.45) is 16.4 Å². The molecule has 0 aliphatic carbocycles. The first-order valence-corrected chi connectivity index (χ1v) is 28.3. The third kappa shape index (κ3) is 22.1. The number of nitriles is 1. The predicted molar refractivity (Wildman–Crippen MR) is 320 cm³/mol. The minimum atomic E-state index is -0.174. The van der Waals surface area contributed by atoms with Gasteiger partial charge in [-0.25, -0.2) is 0 Å². The van der Waals surface area contributed by atoms with Crippen LogP contribution in [0.1, 0.15) is 173 Å². The molecule has 4 heterocycles. The van der Waals surface area contributed by atoms with Gasteiger partial charge in [0.1, 0.15) is 6.29 Å². The quantitative estimate of drug-likeness (QED) is 0.0428. The number of carbonyl (C=O) groups excluding carboxylic acids is 2. The zero-order valence-corrected chi connectivity index (χ0v) is 49.3. The molecule has 6 rings (SSSR count). The van der Waals surface area contributed by atoms with Crippen LogP contribution in [-0.2, 0) is 27.4 Å². The first kappa shape index (κ1) is 66.4. The van der Waals surface area contributed by atoms with Crippen LogP contribution in [0.5, 0.6) is 0 Å². The predicted octanol–water partition coefficient (Wildman–Crippen LogP) is 14.4. The lowest BCUT2D eigenvalue weighted by molar-refractivity contribution is -0.118. The fraction of sp³-hybridized carbons (Fsp3) is 0.554. The normalized spacial score (nSPS) is 16.3. The first-order chi connectivity index (χ1) is 36.5. The van der Waals surface area contributed by atoms with E-state index in [1.807, 2.05) is 53.0 Å². The molecule has 0 saturated carbocycles. The third-order valence-electron chi connectivity index (χ3n) is 13.9. The summed E-state index contributed by atoms with van der Waals surface area (Å²) in [5.74, 6) is 0.408. The third-order valence-corrected chi connectivity index (χ3v) is 13.9. The number of aryl methyl sites for hydroxylation is 2. The number of allylic oxidation sites excluding steroid dienone is 3. The van der Waals surface area contributed by atoms with E-state index < -0.39 is 0 Å². The number of benzene rings is 2. The molecule has 3 unspecified atom stereocenters. The van der Waals surface area contributed by atoms with Gasteiger partial charge in [0.15, 0.2) is 0 Å². The van der Waals surface area contributed by atoms with Gasteiger partial charge in [-0.1, -0.05) is 154 Å². The van der Waals surface area contributed by atoms with Crippen molar-refractivity contribution in [1.82, 2.24) is 19.8 Å². The summed E-state index contributed by atoms with van der Waals surface area (Å²) in [6, 6.07) is 19.8. The number of likely N-dealkylation sites (N-methyl/N-ethyl adjacent to an activating group) is 2. The van der Waals surface area contributed by atoms with Gasteiger partial charge in [0.2, 0.25) is 6.41 Å². The molecule has 3 atom stereocenters. The van der Waals surface area contributed by atoms with E-state index in [2.05, 4.69) is 141 Å². The van der Waals surface area contributed by atoms with E-state index in [0.717, 1.165) is 113 Å². The second-order valence-corrected chi connectivity index (χ2v) is 21.2. The van der Waals surface area contributed by atoms with Gasteiger partial charge in [-0.05, 0) is 117 Å². The fourth-order valence-electron chi connectivity index (χ4n) is 10.1. The molecule has 0 radical (unpaired) electrons. The Balaban J connectivity index is 0.000000499. The molecule has 0 spiro atoms. The van der Waals surface area contributed by atoms with E-state index in [4.69, 9.17) is 10.00 Å². The van der Waals surface area contributed by atoms with Crippen LogP contribution < -0.4 is 4.90 Å². The smallest absolute Gasteiger partial charge is 0.209 e. The summed E-state index contributed by atoms with van der Waals surface area (Å²) in [6.45, 7) is 41.6. The highest BCUT2D eigenvalue weighted by Gasteiger charge is 2.42. The van der Waals surface area contributed by atoms with Gasteiger partial charge in [0.25, 0.3) is 0 Å². The van der Waals surface area contributed by atoms with Crippen molar-refractivity contribution in [2.75, 3.05) is 57.9 Å². The Morgan fingerprint density at radius 2 is 1.68 bits per heavy atom. The van der Waals surface area contributed by atoms with Crippen molar-refractivity contribution in [3.05, 3.63) is 131 Å². The number of amides is 1. The van der Waals surface area contributed by atoms with Crippen molar-refractivity contribution >= 4 is 24.6 Å². The fourth-order valence-corrected chi connectivity index (χ4v) is 10.1. The van der Waals surface area contributed by atoms with Crippen LogP contribution in [0.3, 0.4) is 0 Å². The maximum atomic E-state index is 11.3. The Kier molecular flexibility index (Phi) is 31.8. The Hall–Kier alpha value is -5.67. The van der Waals surface area contributed by atoms with Gasteiger partial charge in [-0.2, -0.15) is 10.4 Å². The number of hydrogen-bond acceptors (Lipinski definition) is 10. The number of nitrogens with zero attached hydrogens (tertiary/aromatic N) is 7. The molecule has 418 valence electrons. The molecule has 76 heavy (non-hydrogen) atoms. The number of ether oxygens (including phenoxy) is 1. The number of hydrogen-bond donors (Lipinski definition) is 1. The number of pyridine rings is 1. The van der Waals surface area contributed by atoms with Crippen LogP contribution in [0.25, 0.3) is 11.1 Å². The van der Waals surface area contributed by atoms with E-state index in [1.165, 1.54) is 64.1 Å². The molecular formula is C65H99N7O4. The largest absolute Gasteiger partial charge is 0.390 e. The summed E-state index contributed by atoms with van der Waals surface area (Å²) in [5, 5.41) is 25.4. The van der Waals surface area contributed by atoms with Crippen LogP contribution in [0.15, 0.2) is 109 Å². The lowest BCUT2D eigenvalue weighted by Crippen LogP contribution is -2.36. The average molecular weight is 1040 g/mol. The molecule has 11 nitrogen and oxygen atoms in total. The molecule has 0 bridgehead atoms. The summed E-state index contributed by atoms with van der Waals surface area (Å²) < 4.78 is 5.24. The van der Waals surface area contributed by atoms with Crippen LogP contribution >= 0.6 is 0 Å². The van der Waals surface area contributed by atoms with E-state index >= 15 is 0 Å². The summed E-state index contributed by atoms with van der Waals surface area (Å²) in [4.78, 5) is 32.6.